The Kier molecular flexibility index (Phi) is 5.69. The molecule has 19 heavy (non-hydrogen) atoms. The summed E-state index contributed by atoms with van der Waals surface area (Å²) >= 11 is 0. The SMILES string of the molecule is NC(=O)[C@H](CCC(=O)O)NC(C=O)c1ccccc1. The Balaban J connectivity index is 2.73. The fourth-order valence-electron chi connectivity index (χ4n) is 1.67. The summed E-state index contributed by atoms with van der Waals surface area (Å²) in [4.78, 5) is 32.8. The van der Waals surface area contributed by atoms with Crippen molar-refractivity contribution in [2.24, 2.45) is 5.73 Å². The molecule has 0 saturated heterocycles. The molecule has 1 aromatic carbocycles. The highest BCUT2D eigenvalue weighted by Crippen LogP contribution is 2.12. The molecular formula is C13H16N2O4. The molecule has 0 aliphatic rings. The van der Waals surface area contributed by atoms with Gasteiger partial charge in [-0.25, -0.2) is 0 Å². The minimum atomic E-state index is -1.02. The number of benzene rings is 1. The number of carbonyl (C=O) groups excluding carboxylic acids is 2. The first-order chi connectivity index (χ1) is 9.04. The molecule has 2 atom stereocenters. The predicted octanol–water partition coefficient (Wildman–Crippen LogP) is 0.235. The lowest BCUT2D eigenvalue weighted by Gasteiger charge is -2.19. The van der Waals surface area contributed by atoms with Gasteiger partial charge in [-0.05, 0) is 12.0 Å². The van der Waals surface area contributed by atoms with Crippen molar-refractivity contribution >= 4 is 18.2 Å². The number of aldehydes is 1. The number of carbonyl (C=O) groups is 3. The van der Waals surface area contributed by atoms with E-state index in [1.54, 1.807) is 30.3 Å². The van der Waals surface area contributed by atoms with Gasteiger partial charge in [0.25, 0.3) is 0 Å². The predicted molar refractivity (Wildman–Crippen MR) is 68.2 cm³/mol. The average molecular weight is 264 g/mol. The second-order valence-electron chi connectivity index (χ2n) is 4.08. The zero-order valence-electron chi connectivity index (χ0n) is 10.3. The Hall–Kier alpha value is -2.21. The summed E-state index contributed by atoms with van der Waals surface area (Å²) in [5.41, 5.74) is 5.89. The second kappa shape index (κ2) is 7.27. The van der Waals surface area contributed by atoms with E-state index >= 15 is 0 Å². The zero-order chi connectivity index (χ0) is 14.3. The minimum Gasteiger partial charge on any atom is -0.481 e. The summed E-state index contributed by atoms with van der Waals surface area (Å²) in [6, 6.07) is 7.27. The van der Waals surface area contributed by atoms with Crippen LogP contribution >= 0.6 is 0 Å². The first-order valence-electron chi connectivity index (χ1n) is 5.82. The molecule has 102 valence electrons. The number of amides is 1. The van der Waals surface area contributed by atoms with Gasteiger partial charge >= 0.3 is 5.97 Å². The quantitative estimate of drug-likeness (QED) is 0.582. The Morgan fingerprint density at radius 1 is 1.32 bits per heavy atom. The third-order valence-corrected chi connectivity index (χ3v) is 2.67. The molecule has 6 heteroatoms. The van der Waals surface area contributed by atoms with Gasteiger partial charge in [-0.2, -0.15) is 0 Å². The lowest BCUT2D eigenvalue weighted by atomic mass is 10.0. The fraction of sp³-hybridized carbons (Fsp3) is 0.308. The maximum atomic E-state index is 11.2. The van der Waals surface area contributed by atoms with Crippen LogP contribution in [0, 0.1) is 0 Å². The topological polar surface area (TPSA) is 109 Å². The van der Waals surface area contributed by atoms with Crippen LogP contribution in [0.1, 0.15) is 24.4 Å². The number of hydrogen-bond donors (Lipinski definition) is 3. The van der Waals surface area contributed by atoms with E-state index in [4.69, 9.17) is 10.8 Å². The van der Waals surface area contributed by atoms with Crippen molar-refractivity contribution in [3.8, 4) is 0 Å². The molecule has 1 amide bonds. The number of carboxylic acids is 1. The number of primary amides is 1. The third-order valence-electron chi connectivity index (χ3n) is 2.67. The van der Waals surface area contributed by atoms with Crippen LogP contribution in [-0.2, 0) is 14.4 Å². The van der Waals surface area contributed by atoms with E-state index in [0.29, 0.717) is 11.8 Å². The molecular weight excluding hydrogens is 248 g/mol. The molecule has 0 spiro atoms. The number of carboxylic acid groups (broad SMARTS) is 1. The van der Waals surface area contributed by atoms with Gasteiger partial charge in [0.1, 0.15) is 6.29 Å². The Labute approximate surface area is 110 Å². The van der Waals surface area contributed by atoms with Crippen LogP contribution in [-0.4, -0.2) is 29.3 Å². The van der Waals surface area contributed by atoms with Crippen molar-refractivity contribution in [1.82, 2.24) is 5.32 Å². The van der Waals surface area contributed by atoms with Crippen LogP contribution in [0.4, 0.5) is 0 Å². The van der Waals surface area contributed by atoms with Crippen LogP contribution in [0.5, 0.6) is 0 Å². The summed E-state index contributed by atoms with van der Waals surface area (Å²) in [7, 11) is 0. The van der Waals surface area contributed by atoms with Crippen molar-refractivity contribution in [2.75, 3.05) is 0 Å². The Morgan fingerprint density at radius 3 is 2.42 bits per heavy atom. The summed E-state index contributed by atoms with van der Waals surface area (Å²) in [6.45, 7) is 0. The van der Waals surface area contributed by atoms with Crippen molar-refractivity contribution in [3.63, 3.8) is 0 Å². The molecule has 4 N–H and O–H groups in total. The molecule has 0 saturated carbocycles. The van der Waals surface area contributed by atoms with Gasteiger partial charge in [-0.1, -0.05) is 30.3 Å². The lowest BCUT2D eigenvalue weighted by molar-refractivity contribution is -0.137. The van der Waals surface area contributed by atoms with Gasteiger partial charge in [-0.15, -0.1) is 0 Å². The third kappa shape index (κ3) is 4.89. The van der Waals surface area contributed by atoms with Gasteiger partial charge < -0.3 is 15.6 Å². The Bertz CT molecular complexity index is 447. The highest BCUT2D eigenvalue weighted by Gasteiger charge is 2.21. The molecule has 1 aromatic rings. The van der Waals surface area contributed by atoms with Crippen LogP contribution in [0.2, 0.25) is 0 Å². The van der Waals surface area contributed by atoms with Crippen LogP contribution in [0.15, 0.2) is 30.3 Å². The molecule has 0 bridgehead atoms. The molecule has 0 aliphatic heterocycles. The normalized spacial score (nSPS) is 13.5. The number of aliphatic carboxylic acids is 1. The first-order valence-corrected chi connectivity index (χ1v) is 5.82. The largest absolute Gasteiger partial charge is 0.481 e. The molecule has 1 unspecified atom stereocenters. The molecule has 0 fully saturated rings. The van der Waals surface area contributed by atoms with Gasteiger partial charge in [0, 0.05) is 6.42 Å². The molecule has 1 rings (SSSR count). The summed E-state index contributed by atoms with van der Waals surface area (Å²) in [5.74, 6) is -1.69. The molecule has 6 nitrogen and oxygen atoms in total. The van der Waals surface area contributed by atoms with Crippen molar-refractivity contribution < 1.29 is 19.5 Å². The first kappa shape index (κ1) is 14.8. The average Bonchev–Trinajstić information content (AvgIpc) is 2.39. The van der Waals surface area contributed by atoms with Crippen LogP contribution in [0.25, 0.3) is 0 Å². The lowest BCUT2D eigenvalue weighted by Crippen LogP contribution is -2.43. The molecule has 0 aromatic heterocycles. The maximum Gasteiger partial charge on any atom is 0.303 e. The van der Waals surface area contributed by atoms with E-state index in [-0.39, 0.29) is 12.8 Å². The highest BCUT2D eigenvalue weighted by molar-refractivity contribution is 5.81. The monoisotopic (exact) mass is 264 g/mol. The van der Waals surface area contributed by atoms with Crippen LogP contribution < -0.4 is 11.1 Å². The standard InChI is InChI=1S/C13H16N2O4/c14-13(19)10(6-7-12(17)18)15-11(8-16)9-4-2-1-3-5-9/h1-5,8,10-11,15H,6-7H2,(H2,14,19)(H,17,18)/t10-,11?/m0/s1. The van der Waals surface area contributed by atoms with Gasteiger partial charge in [0.2, 0.25) is 5.91 Å². The van der Waals surface area contributed by atoms with E-state index in [1.165, 1.54) is 0 Å². The number of rotatable bonds is 8. The minimum absolute atomic E-state index is 0.0435. The smallest absolute Gasteiger partial charge is 0.303 e. The van der Waals surface area contributed by atoms with Gasteiger partial charge in [0.05, 0.1) is 12.1 Å². The summed E-state index contributed by atoms with van der Waals surface area (Å²) < 4.78 is 0. The van der Waals surface area contributed by atoms with E-state index in [0.717, 1.165) is 0 Å². The maximum absolute atomic E-state index is 11.2. The van der Waals surface area contributed by atoms with Crippen molar-refractivity contribution in [2.45, 2.75) is 24.9 Å². The van der Waals surface area contributed by atoms with E-state index in [2.05, 4.69) is 5.32 Å². The zero-order valence-corrected chi connectivity index (χ0v) is 10.3. The van der Waals surface area contributed by atoms with Gasteiger partial charge in [0.15, 0.2) is 0 Å². The number of nitrogens with one attached hydrogen (secondary N) is 1. The molecule has 0 heterocycles. The highest BCUT2D eigenvalue weighted by atomic mass is 16.4. The molecule has 0 radical (unpaired) electrons. The summed E-state index contributed by atoms with van der Waals surface area (Å²) in [5, 5.41) is 11.4. The van der Waals surface area contributed by atoms with E-state index in [1.807, 2.05) is 0 Å². The Morgan fingerprint density at radius 2 is 1.95 bits per heavy atom. The number of nitrogens with two attached hydrogens (primary N) is 1. The second-order valence-corrected chi connectivity index (χ2v) is 4.08. The van der Waals surface area contributed by atoms with Crippen molar-refractivity contribution in [3.05, 3.63) is 35.9 Å². The number of hydrogen-bond acceptors (Lipinski definition) is 4. The van der Waals surface area contributed by atoms with E-state index in [9.17, 15) is 14.4 Å². The van der Waals surface area contributed by atoms with E-state index < -0.39 is 24.0 Å². The fourth-order valence-corrected chi connectivity index (χ4v) is 1.67. The van der Waals surface area contributed by atoms with Gasteiger partial charge in [-0.3, -0.25) is 14.9 Å². The van der Waals surface area contributed by atoms with Crippen molar-refractivity contribution in [1.29, 1.82) is 0 Å². The summed E-state index contributed by atoms with van der Waals surface area (Å²) in [6.07, 6.45) is 0.509. The van der Waals surface area contributed by atoms with Crippen LogP contribution in [0.3, 0.4) is 0 Å². The molecule has 0 aliphatic carbocycles.